The number of benzene rings is 2. The first kappa shape index (κ1) is 22.5. The molecule has 10 heteroatoms. The lowest BCUT2D eigenvalue weighted by atomic mass is 10.0. The van der Waals surface area contributed by atoms with Crippen molar-refractivity contribution in [2.45, 2.75) is 37.2 Å². The molecule has 1 N–H and O–H groups in total. The second-order valence-electron chi connectivity index (χ2n) is 8.08. The maximum Gasteiger partial charge on any atom is 0.305 e. The number of hydrogen-bond donors (Lipinski definition) is 1. The molecule has 0 aliphatic carbocycles. The van der Waals surface area contributed by atoms with Gasteiger partial charge in [0.25, 0.3) is 11.8 Å². The number of nitro benzene ring substituents is 1. The molecule has 0 saturated heterocycles. The van der Waals surface area contributed by atoms with E-state index in [-0.39, 0.29) is 16.7 Å². The van der Waals surface area contributed by atoms with Gasteiger partial charge in [-0.2, -0.15) is 4.39 Å². The minimum absolute atomic E-state index is 0.158. The third kappa shape index (κ3) is 4.34. The van der Waals surface area contributed by atoms with Crippen LogP contribution in [0.25, 0.3) is 0 Å². The van der Waals surface area contributed by atoms with Gasteiger partial charge in [-0.25, -0.2) is 0 Å². The fourth-order valence-corrected chi connectivity index (χ4v) is 4.07. The number of alkyl halides is 1. The highest BCUT2D eigenvalue weighted by atomic mass is 79.9. The van der Waals surface area contributed by atoms with E-state index >= 15 is 0 Å². The van der Waals surface area contributed by atoms with Crippen LogP contribution in [0.5, 0.6) is 0 Å². The van der Waals surface area contributed by atoms with E-state index in [2.05, 4.69) is 21.2 Å². The molecule has 1 unspecified atom stereocenters. The van der Waals surface area contributed by atoms with Gasteiger partial charge in [-0.15, -0.1) is 0 Å². The van der Waals surface area contributed by atoms with Gasteiger partial charge in [0.15, 0.2) is 0 Å². The van der Waals surface area contributed by atoms with Gasteiger partial charge >= 0.3 is 5.69 Å². The summed E-state index contributed by atoms with van der Waals surface area (Å²) in [5, 5.41) is 13.9. The van der Waals surface area contributed by atoms with E-state index in [1.165, 1.54) is 18.2 Å². The molecule has 3 amide bonds. The van der Waals surface area contributed by atoms with Gasteiger partial charge in [0.2, 0.25) is 11.7 Å². The molecule has 31 heavy (non-hydrogen) atoms. The van der Waals surface area contributed by atoms with Crippen LogP contribution >= 0.6 is 15.9 Å². The van der Waals surface area contributed by atoms with Crippen molar-refractivity contribution in [2.75, 3.05) is 0 Å². The van der Waals surface area contributed by atoms with Crippen molar-refractivity contribution in [3.63, 3.8) is 0 Å². The summed E-state index contributed by atoms with van der Waals surface area (Å²) < 4.78 is 13.8. The number of nitrogens with one attached hydrogen (secondary N) is 1. The third-order valence-electron chi connectivity index (χ3n) is 4.63. The Hall–Kier alpha value is -3.14. The highest BCUT2D eigenvalue weighted by Gasteiger charge is 2.46. The van der Waals surface area contributed by atoms with Crippen molar-refractivity contribution in [1.29, 1.82) is 0 Å². The number of rotatable bonds is 5. The van der Waals surface area contributed by atoms with Crippen LogP contribution in [0.2, 0.25) is 0 Å². The number of amides is 3. The maximum atomic E-state index is 13.8. The Bertz CT molecular complexity index is 1060. The summed E-state index contributed by atoms with van der Waals surface area (Å²) in [6, 6.07) is 7.95. The van der Waals surface area contributed by atoms with E-state index in [0.717, 1.165) is 17.0 Å². The highest BCUT2D eigenvalue weighted by Crippen LogP contribution is 2.36. The molecule has 0 aromatic heterocycles. The Morgan fingerprint density at radius 3 is 2.16 bits per heavy atom. The largest absolute Gasteiger partial charge is 0.350 e. The molecule has 3 rings (SSSR count). The topological polar surface area (TPSA) is 110 Å². The minimum Gasteiger partial charge on any atom is -0.350 e. The molecule has 8 nitrogen and oxygen atoms in total. The number of carbonyl (C=O) groups is 3. The van der Waals surface area contributed by atoms with E-state index in [4.69, 9.17) is 0 Å². The van der Waals surface area contributed by atoms with Crippen molar-refractivity contribution < 1.29 is 23.7 Å². The Labute approximate surface area is 185 Å². The van der Waals surface area contributed by atoms with Crippen LogP contribution in [0.15, 0.2) is 42.5 Å². The Morgan fingerprint density at radius 2 is 1.68 bits per heavy atom. The average molecular weight is 492 g/mol. The van der Waals surface area contributed by atoms with Gasteiger partial charge in [0.1, 0.15) is 6.04 Å². The lowest BCUT2D eigenvalue weighted by Gasteiger charge is -2.32. The monoisotopic (exact) mass is 491 g/mol. The van der Waals surface area contributed by atoms with Crippen molar-refractivity contribution >= 4 is 39.3 Å². The molecular weight excluding hydrogens is 473 g/mol. The molecule has 2 atom stereocenters. The summed E-state index contributed by atoms with van der Waals surface area (Å²) in [6.45, 7) is 5.20. The zero-order chi connectivity index (χ0) is 23.1. The molecule has 162 valence electrons. The van der Waals surface area contributed by atoms with E-state index in [1.807, 2.05) is 0 Å². The minimum atomic E-state index is -1.38. The summed E-state index contributed by atoms with van der Waals surface area (Å²) in [5.41, 5.74) is -0.982. The summed E-state index contributed by atoms with van der Waals surface area (Å²) in [5.74, 6) is -2.99. The van der Waals surface area contributed by atoms with Crippen LogP contribution in [-0.2, 0) is 4.79 Å². The molecule has 1 heterocycles. The number of halogens is 2. The number of hydrogen-bond acceptors (Lipinski definition) is 5. The van der Waals surface area contributed by atoms with E-state index in [1.54, 1.807) is 32.9 Å². The smallest absolute Gasteiger partial charge is 0.305 e. The zero-order valence-electron chi connectivity index (χ0n) is 16.9. The van der Waals surface area contributed by atoms with Crippen LogP contribution in [0.3, 0.4) is 0 Å². The van der Waals surface area contributed by atoms with E-state index < -0.39 is 50.6 Å². The second-order valence-corrected chi connectivity index (χ2v) is 9.07. The molecule has 0 spiro atoms. The maximum absolute atomic E-state index is 13.8. The van der Waals surface area contributed by atoms with Crippen LogP contribution < -0.4 is 5.32 Å². The molecule has 0 bridgehead atoms. The number of carbonyl (C=O) groups excluding carboxylic acids is 3. The predicted molar refractivity (Wildman–Crippen MR) is 113 cm³/mol. The first-order chi connectivity index (χ1) is 14.4. The number of fused-ring (bicyclic) bond motifs is 1. The fourth-order valence-electron chi connectivity index (χ4n) is 3.31. The predicted octanol–water partition coefficient (Wildman–Crippen LogP) is 3.75. The molecule has 0 fully saturated rings. The van der Waals surface area contributed by atoms with Crippen molar-refractivity contribution in [1.82, 2.24) is 10.2 Å². The second kappa shape index (κ2) is 8.18. The Balaban J connectivity index is 2.09. The summed E-state index contributed by atoms with van der Waals surface area (Å²) >= 11 is 3.33. The van der Waals surface area contributed by atoms with Gasteiger partial charge in [-0.1, -0.05) is 34.1 Å². The SMILES string of the molecule is CC(C)(C)NC(=O)[C@H](C(Br)c1ccc(F)c([N+](=O)[O-])c1)N1C(=O)c2ccccc2C1=O. The zero-order valence-corrected chi connectivity index (χ0v) is 18.5. The van der Waals surface area contributed by atoms with Crippen LogP contribution in [0.1, 0.15) is 51.9 Å². The number of nitro groups is 1. The van der Waals surface area contributed by atoms with Crippen molar-refractivity contribution in [3.8, 4) is 0 Å². The van der Waals surface area contributed by atoms with Gasteiger partial charge in [0, 0.05) is 11.6 Å². The number of imide groups is 1. The van der Waals surface area contributed by atoms with Gasteiger partial charge in [-0.05, 0) is 44.5 Å². The van der Waals surface area contributed by atoms with E-state index in [0.29, 0.717) is 0 Å². The Morgan fingerprint density at radius 1 is 1.13 bits per heavy atom. The highest BCUT2D eigenvalue weighted by molar-refractivity contribution is 9.09. The molecular formula is C21H19BrFN3O5. The first-order valence-electron chi connectivity index (χ1n) is 9.29. The molecule has 1 aliphatic rings. The third-order valence-corrected chi connectivity index (χ3v) is 5.66. The average Bonchev–Trinajstić information content (AvgIpc) is 2.92. The normalized spacial score (nSPS) is 15.5. The molecule has 0 saturated carbocycles. The quantitative estimate of drug-likeness (QED) is 0.296. The van der Waals surface area contributed by atoms with Crippen LogP contribution in [-0.4, -0.2) is 39.1 Å². The summed E-state index contributed by atoms with van der Waals surface area (Å²) in [7, 11) is 0. The fraction of sp³-hybridized carbons (Fsp3) is 0.286. The Kier molecular flexibility index (Phi) is 5.95. The van der Waals surface area contributed by atoms with E-state index in [9.17, 15) is 28.9 Å². The molecule has 1 aliphatic heterocycles. The molecule has 2 aromatic rings. The lowest BCUT2D eigenvalue weighted by Crippen LogP contribution is -2.55. The summed E-state index contributed by atoms with van der Waals surface area (Å²) in [4.78, 5) is 49.3. The standard InChI is InChI=1S/C21H19BrFN3O5/c1-21(2,3)24-18(27)17(16(22)11-8-9-14(23)15(10-11)26(30)31)25-19(28)12-6-4-5-7-13(12)20(25)29/h4-10,16-17H,1-3H3,(H,24,27)/t16?,17-/m0/s1. The van der Waals surface area contributed by atoms with Gasteiger partial charge in [0.05, 0.1) is 20.9 Å². The summed E-state index contributed by atoms with van der Waals surface area (Å²) in [6.07, 6.45) is 0. The number of nitrogens with zero attached hydrogens (tertiary/aromatic N) is 2. The lowest BCUT2D eigenvalue weighted by molar-refractivity contribution is -0.387. The van der Waals surface area contributed by atoms with Crippen molar-refractivity contribution in [2.24, 2.45) is 0 Å². The van der Waals surface area contributed by atoms with Gasteiger partial charge < -0.3 is 5.32 Å². The van der Waals surface area contributed by atoms with Crippen molar-refractivity contribution in [3.05, 3.63) is 75.1 Å². The van der Waals surface area contributed by atoms with Gasteiger partial charge in [-0.3, -0.25) is 29.4 Å². The van der Waals surface area contributed by atoms with Crippen LogP contribution in [0, 0.1) is 15.9 Å². The van der Waals surface area contributed by atoms with Crippen LogP contribution in [0.4, 0.5) is 10.1 Å². The first-order valence-corrected chi connectivity index (χ1v) is 10.2. The molecule has 2 aromatic carbocycles. The molecule has 0 radical (unpaired) electrons.